The number of carbonyl (C=O) groups excluding carboxylic acids is 2. The molecular weight excluding hydrogens is 384 g/mol. The zero-order valence-electron chi connectivity index (χ0n) is 14.5. The van der Waals surface area contributed by atoms with E-state index in [1.165, 1.54) is 11.8 Å². The first-order valence-electron chi connectivity index (χ1n) is 8.21. The van der Waals surface area contributed by atoms with Crippen LogP contribution in [0.2, 0.25) is 5.02 Å². The second-order valence-corrected chi connectivity index (χ2v) is 7.49. The smallest absolute Gasteiger partial charge is 0.240 e. The summed E-state index contributed by atoms with van der Waals surface area (Å²) in [5.41, 5.74) is 2.55. The summed E-state index contributed by atoms with van der Waals surface area (Å²) in [6, 6.07) is 14.6. The molecule has 2 amide bonds. The van der Waals surface area contributed by atoms with E-state index in [1.54, 1.807) is 18.3 Å². The molecule has 0 radical (unpaired) electrons. The fourth-order valence-corrected chi connectivity index (χ4v) is 3.42. The first-order valence-corrected chi connectivity index (χ1v) is 9.46. The Morgan fingerprint density at radius 3 is 2.74 bits per heavy atom. The van der Waals surface area contributed by atoms with Crippen LogP contribution < -0.4 is 10.6 Å². The molecule has 138 valence electrons. The summed E-state index contributed by atoms with van der Waals surface area (Å²) >= 11 is 7.02. The van der Waals surface area contributed by atoms with Gasteiger partial charge in [0, 0.05) is 17.1 Å². The number of nitrogens with one attached hydrogen (secondary N) is 2. The summed E-state index contributed by atoms with van der Waals surface area (Å²) < 4.78 is 0. The van der Waals surface area contributed by atoms with E-state index in [0.717, 1.165) is 16.8 Å². The molecule has 1 heterocycles. The van der Waals surface area contributed by atoms with E-state index in [4.69, 9.17) is 11.6 Å². The van der Waals surface area contributed by atoms with Crippen molar-refractivity contribution in [2.45, 2.75) is 18.6 Å². The van der Waals surface area contributed by atoms with E-state index in [0.29, 0.717) is 10.2 Å². The molecule has 6 nitrogen and oxygen atoms in total. The molecular formula is C19H17ClN4O2S. The molecule has 1 aliphatic rings. The Balaban J connectivity index is 1.56. The van der Waals surface area contributed by atoms with E-state index < -0.39 is 5.25 Å². The highest BCUT2D eigenvalue weighted by Crippen LogP contribution is 2.23. The number of aryl methyl sites for hydroxylation is 1. The van der Waals surface area contributed by atoms with Crippen LogP contribution in [0.5, 0.6) is 0 Å². The number of para-hydroxylation sites is 1. The third-order valence-corrected chi connectivity index (χ3v) is 5.12. The number of hydrogen-bond acceptors (Lipinski definition) is 5. The van der Waals surface area contributed by atoms with Crippen LogP contribution in [0, 0.1) is 6.92 Å². The van der Waals surface area contributed by atoms with Gasteiger partial charge in [-0.15, -0.1) is 5.10 Å². The lowest BCUT2D eigenvalue weighted by Gasteiger charge is -2.09. The zero-order chi connectivity index (χ0) is 19.2. The molecule has 1 atom stereocenters. The molecule has 1 saturated heterocycles. The third kappa shape index (κ3) is 5.42. The summed E-state index contributed by atoms with van der Waals surface area (Å²) in [5.74, 6) is -0.469. The maximum Gasteiger partial charge on any atom is 0.240 e. The lowest BCUT2D eigenvalue weighted by molar-refractivity contribution is -0.122. The Kier molecular flexibility index (Phi) is 6.26. The zero-order valence-corrected chi connectivity index (χ0v) is 16.1. The van der Waals surface area contributed by atoms with Crippen molar-refractivity contribution in [1.29, 1.82) is 0 Å². The first kappa shape index (κ1) is 19.1. The minimum absolute atomic E-state index is 0.0603. The van der Waals surface area contributed by atoms with Gasteiger partial charge in [0.15, 0.2) is 5.17 Å². The lowest BCUT2D eigenvalue weighted by atomic mass is 10.2. The predicted octanol–water partition coefficient (Wildman–Crippen LogP) is 3.60. The molecule has 0 spiro atoms. The van der Waals surface area contributed by atoms with Crippen molar-refractivity contribution in [3.8, 4) is 0 Å². The maximum atomic E-state index is 12.2. The SMILES string of the molecule is Cc1ccccc1NC(=O)CC1S/C(=N/N=Cc2ccc(Cl)cc2)NC1=O. The summed E-state index contributed by atoms with van der Waals surface area (Å²) in [5, 5.41) is 13.9. The van der Waals surface area contributed by atoms with Gasteiger partial charge in [-0.1, -0.05) is 53.7 Å². The van der Waals surface area contributed by atoms with Gasteiger partial charge in [-0.25, -0.2) is 0 Å². The van der Waals surface area contributed by atoms with Crippen LogP contribution in [0.1, 0.15) is 17.5 Å². The number of hydrogen-bond donors (Lipinski definition) is 2. The van der Waals surface area contributed by atoms with Gasteiger partial charge in [0.2, 0.25) is 11.8 Å². The Morgan fingerprint density at radius 2 is 2.00 bits per heavy atom. The van der Waals surface area contributed by atoms with E-state index in [9.17, 15) is 9.59 Å². The number of halogens is 1. The number of rotatable bonds is 5. The standard InChI is InChI=1S/C19H17ClN4O2S/c1-12-4-2-3-5-15(12)22-17(25)10-16-18(26)23-19(27-16)24-21-11-13-6-8-14(20)9-7-13/h2-9,11,16H,10H2,1H3,(H,22,25)(H,23,24,26). The fraction of sp³-hybridized carbons (Fsp3) is 0.158. The molecule has 0 bridgehead atoms. The fourth-order valence-electron chi connectivity index (χ4n) is 2.37. The minimum Gasteiger partial charge on any atom is -0.326 e. The number of carbonyl (C=O) groups is 2. The maximum absolute atomic E-state index is 12.2. The van der Waals surface area contributed by atoms with Crippen LogP contribution in [-0.2, 0) is 9.59 Å². The second-order valence-electron chi connectivity index (χ2n) is 5.86. The first-order chi connectivity index (χ1) is 13.0. The van der Waals surface area contributed by atoms with Crippen molar-refractivity contribution in [3.63, 3.8) is 0 Å². The molecule has 2 aromatic rings. The Morgan fingerprint density at radius 1 is 1.26 bits per heavy atom. The summed E-state index contributed by atoms with van der Waals surface area (Å²) in [7, 11) is 0. The Labute approximate surface area is 166 Å². The number of thioether (sulfide) groups is 1. The summed E-state index contributed by atoms with van der Waals surface area (Å²) in [6.45, 7) is 1.91. The van der Waals surface area contributed by atoms with Crippen molar-refractivity contribution >= 4 is 52.2 Å². The third-order valence-electron chi connectivity index (χ3n) is 3.79. The number of benzene rings is 2. The normalized spacial score (nSPS) is 18.1. The van der Waals surface area contributed by atoms with Crippen LogP contribution in [0.4, 0.5) is 5.69 Å². The lowest BCUT2D eigenvalue weighted by Crippen LogP contribution is -2.28. The van der Waals surface area contributed by atoms with Crippen LogP contribution in [0.15, 0.2) is 58.7 Å². The summed E-state index contributed by atoms with van der Waals surface area (Å²) in [6.07, 6.45) is 1.62. The molecule has 2 N–H and O–H groups in total. The highest BCUT2D eigenvalue weighted by molar-refractivity contribution is 8.15. The molecule has 0 aromatic heterocycles. The van der Waals surface area contributed by atoms with Gasteiger partial charge in [-0.2, -0.15) is 5.10 Å². The largest absolute Gasteiger partial charge is 0.326 e. The Hall–Kier alpha value is -2.64. The molecule has 1 unspecified atom stereocenters. The second kappa shape index (κ2) is 8.83. The molecule has 3 rings (SSSR count). The topological polar surface area (TPSA) is 82.9 Å². The monoisotopic (exact) mass is 400 g/mol. The van der Waals surface area contributed by atoms with Gasteiger partial charge < -0.3 is 10.6 Å². The van der Waals surface area contributed by atoms with Crippen molar-refractivity contribution in [2.75, 3.05) is 5.32 Å². The summed E-state index contributed by atoms with van der Waals surface area (Å²) in [4.78, 5) is 24.3. The van der Waals surface area contributed by atoms with Gasteiger partial charge in [0.1, 0.15) is 5.25 Å². The molecule has 27 heavy (non-hydrogen) atoms. The number of anilines is 1. The van der Waals surface area contributed by atoms with E-state index in [2.05, 4.69) is 20.8 Å². The number of nitrogens with zero attached hydrogens (tertiary/aromatic N) is 2. The van der Waals surface area contributed by atoms with Crippen molar-refractivity contribution in [3.05, 3.63) is 64.7 Å². The van der Waals surface area contributed by atoms with Gasteiger partial charge in [-0.05, 0) is 36.2 Å². The van der Waals surface area contributed by atoms with Crippen LogP contribution in [-0.4, -0.2) is 28.4 Å². The van der Waals surface area contributed by atoms with Crippen molar-refractivity contribution in [1.82, 2.24) is 5.32 Å². The molecule has 1 fully saturated rings. The van der Waals surface area contributed by atoms with Crippen LogP contribution in [0.3, 0.4) is 0 Å². The minimum atomic E-state index is -0.529. The van der Waals surface area contributed by atoms with Gasteiger partial charge in [0.05, 0.1) is 6.21 Å². The molecule has 0 aliphatic carbocycles. The highest BCUT2D eigenvalue weighted by Gasteiger charge is 2.32. The molecule has 1 aliphatic heterocycles. The Bertz CT molecular complexity index is 912. The average molecular weight is 401 g/mol. The van der Waals surface area contributed by atoms with Crippen molar-refractivity contribution < 1.29 is 9.59 Å². The highest BCUT2D eigenvalue weighted by atomic mass is 35.5. The van der Waals surface area contributed by atoms with E-state index >= 15 is 0 Å². The van der Waals surface area contributed by atoms with Crippen molar-refractivity contribution in [2.24, 2.45) is 10.2 Å². The van der Waals surface area contributed by atoms with Gasteiger partial charge in [-0.3, -0.25) is 9.59 Å². The van der Waals surface area contributed by atoms with E-state index in [-0.39, 0.29) is 18.2 Å². The van der Waals surface area contributed by atoms with E-state index in [1.807, 2.05) is 43.3 Å². The van der Waals surface area contributed by atoms with Crippen LogP contribution >= 0.6 is 23.4 Å². The van der Waals surface area contributed by atoms with Gasteiger partial charge in [0.25, 0.3) is 0 Å². The molecule has 0 saturated carbocycles. The number of amidine groups is 1. The number of amides is 2. The molecule has 2 aromatic carbocycles. The molecule has 8 heteroatoms. The van der Waals surface area contributed by atoms with Crippen LogP contribution in [0.25, 0.3) is 0 Å². The average Bonchev–Trinajstić information content (AvgIpc) is 2.98. The quantitative estimate of drug-likeness (QED) is 0.594. The predicted molar refractivity (Wildman–Crippen MR) is 110 cm³/mol. The van der Waals surface area contributed by atoms with Gasteiger partial charge >= 0.3 is 0 Å².